The van der Waals surface area contributed by atoms with E-state index >= 15 is 0 Å². The Hall–Kier alpha value is -0.220. The molecule has 0 radical (unpaired) electrons. The summed E-state index contributed by atoms with van der Waals surface area (Å²) in [6.07, 6.45) is 2.14. The van der Waals surface area contributed by atoms with Crippen molar-refractivity contribution in [2.24, 2.45) is 5.92 Å². The van der Waals surface area contributed by atoms with Crippen LogP contribution < -0.4 is 0 Å². The van der Waals surface area contributed by atoms with E-state index < -0.39 is 10.7 Å². The van der Waals surface area contributed by atoms with Crippen molar-refractivity contribution in [2.45, 2.75) is 31.4 Å². The van der Waals surface area contributed by atoms with Gasteiger partial charge in [-0.3, -0.25) is 4.79 Å². The maximum atomic E-state index is 10.8. The fraction of sp³-hybridized carbons (Fsp3) is 0.900. The first kappa shape index (κ1) is 11.9. The molecule has 1 rings (SSSR count). The summed E-state index contributed by atoms with van der Waals surface area (Å²) in [5.74, 6) is 0.838. The van der Waals surface area contributed by atoms with Crippen LogP contribution in [0.1, 0.15) is 26.7 Å². The molecule has 0 atom stereocenters. The predicted molar refractivity (Wildman–Crippen MR) is 57.7 cm³/mol. The third kappa shape index (κ3) is 3.50. The van der Waals surface area contributed by atoms with Crippen LogP contribution in [0.3, 0.4) is 0 Å². The number of hydrogen-bond donors (Lipinski definition) is 1. The van der Waals surface area contributed by atoms with Crippen molar-refractivity contribution in [3.05, 3.63) is 0 Å². The fourth-order valence-corrected chi connectivity index (χ4v) is 2.41. The van der Waals surface area contributed by atoms with Gasteiger partial charge < -0.3 is 9.84 Å². The van der Waals surface area contributed by atoms with Gasteiger partial charge in [0.15, 0.2) is 0 Å². The first-order chi connectivity index (χ1) is 6.52. The van der Waals surface area contributed by atoms with Crippen LogP contribution in [0, 0.1) is 5.92 Å². The second kappa shape index (κ2) is 5.03. The van der Waals surface area contributed by atoms with Gasteiger partial charge in [-0.15, -0.1) is 11.8 Å². The molecule has 1 aliphatic heterocycles. The van der Waals surface area contributed by atoms with Gasteiger partial charge in [-0.05, 0) is 38.4 Å². The first-order valence-corrected chi connectivity index (χ1v) is 5.96. The number of carboxylic acids is 1. The van der Waals surface area contributed by atoms with Crippen molar-refractivity contribution in [1.29, 1.82) is 0 Å². The molecule has 0 bridgehead atoms. The minimum absolute atomic E-state index is 0.632. The smallest absolute Gasteiger partial charge is 0.319 e. The monoisotopic (exact) mass is 218 g/mol. The summed E-state index contributed by atoms with van der Waals surface area (Å²) >= 11 is 1.54. The number of rotatable bonds is 4. The highest BCUT2D eigenvalue weighted by molar-refractivity contribution is 8.01. The minimum atomic E-state index is -0.727. The van der Waals surface area contributed by atoms with Crippen LogP contribution in [0.4, 0.5) is 0 Å². The topological polar surface area (TPSA) is 46.5 Å². The van der Waals surface area contributed by atoms with E-state index in [9.17, 15) is 4.79 Å². The summed E-state index contributed by atoms with van der Waals surface area (Å²) in [4.78, 5) is 10.8. The maximum Gasteiger partial charge on any atom is 0.319 e. The third-order valence-electron chi connectivity index (χ3n) is 2.54. The fourth-order valence-electron chi connectivity index (χ4n) is 1.30. The zero-order valence-electron chi connectivity index (χ0n) is 8.78. The van der Waals surface area contributed by atoms with Crippen LogP contribution in [0.15, 0.2) is 0 Å². The zero-order chi connectivity index (χ0) is 10.6. The van der Waals surface area contributed by atoms with Crippen molar-refractivity contribution >= 4 is 17.7 Å². The van der Waals surface area contributed by atoms with Crippen LogP contribution in [0.2, 0.25) is 0 Å². The average Bonchev–Trinajstić information content (AvgIpc) is 2.16. The Balaban J connectivity index is 2.28. The van der Waals surface area contributed by atoms with Gasteiger partial charge in [-0.1, -0.05) is 0 Å². The Morgan fingerprint density at radius 2 is 2.07 bits per heavy atom. The van der Waals surface area contributed by atoms with Gasteiger partial charge in [-0.2, -0.15) is 0 Å². The lowest BCUT2D eigenvalue weighted by Gasteiger charge is -2.25. The summed E-state index contributed by atoms with van der Waals surface area (Å²) in [7, 11) is 0. The number of carboxylic acid groups (broad SMARTS) is 1. The Bertz CT molecular complexity index is 198. The van der Waals surface area contributed by atoms with E-state index in [0.29, 0.717) is 5.92 Å². The highest BCUT2D eigenvalue weighted by atomic mass is 32.2. The molecule has 1 saturated heterocycles. The van der Waals surface area contributed by atoms with Crippen molar-refractivity contribution in [3.8, 4) is 0 Å². The molecular weight excluding hydrogens is 200 g/mol. The molecule has 0 aromatic heterocycles. The summed E-state index contributed by atoms with van der Waals surface area (Å²) < 4.78 is 4.60. The molecule has 1 aliphatic rings. The van der Waals surface area contributed by atoms with E-state index in [-0.39, 0.29) is 0 Å². The highest BCUT2D eigenvalue weighted by Crippen LogP contribution is 2.29. The van der Waals surface area contributed by atoms with Crippen molar-refractivity contribution in [3.63, 3.8) is 0 Å². The van der Waals surface area contributed by atoms with E-state index in [0.717, 1.165) is 31.8 Å². The molecule has 4 heteroatoms. The average molecular weight is 218 g/mol. The molecular formula is C10H18O3S. The molecule has 0 aromatic rings. The lowest BCUT2D eigenvalue weighted by molar-refractivity contribution is -0.138. The molecule has 0 saturated carbocycles. The molecule has 1 N–H and O–H groups in total. The molecule has 0 spiro atoms. The van der Waals surface area contributed by atoms with Gasteiger partial charge in [0.2, 0.25) is 0 Å². The van der Waals surface area contributed by atoms with E-state index in [1.54, 1.807) is 13.8 Å². The van der Waals surface area contributed by atoms with Crippen LogP contribution in [0.25, 0.3) is 0 Å². The van der Waals surface area contributed by atoms with Gasteiger partial charge in [0.25, 0.3) is 0 Å². The lowest BCUT2D eigenvalue weighted by atomic mass is 10.0. The Morgan fingerprint density at radius 1 is 1.50 bits per heavy atom. The molecule has 0 aliphatic carbocycles. The quantitative estimate of drug-likeness (QED) is 0.784. The van der Waals surface area contributed by atoms with Crippen LogP contribution in [-0.4, -0.2) is 34.8 Å². The van der Waals surface area contributed by atoms with Gasteiger partial charge in [0.1, 0.15) is 4.75 Å². The SMILES string of the molecule is CC(C)(SCC1CCOCC1)C(=O)O. The molecule has 14 heavy (non-hydrogen) atoms. The molecule has 0 amide bonds. The van der Waals surface area contributed by atoms with Crippen LogP contribution in [-0.2, 0) is 9.53 Å². The highest BCUT2D eigenvalue weighted by Gasteiger charge is 2.29. The Kier molecular flexibility index (Phi) is 4.26. The molecule has 0 aromatic carbocycles. The van der Waals surface area contributed by atoms with Crippen molar-refractivity contribution in [2.75, 3.05) is 19.0 Å². The summed E-state index contributed by atoms with van der Waals surface area (Å²) in [6, 6.07) is 0. The minimum Gasteiger partial charge on any atom is -0.480 e. The number of carbonyl (C=O) groups is 1. The predicted octanol–water partition coefficient (Wildman–Crippen LogP) is 2.01. The van der Waals surface area contributed by atoms with Crippen LogP contribution >= 0.6 is 11.8 Å². The number of ether oxygens (including phenoxy) is 1. The number of hydrogen-bond acceptors (Lipinski definition) is 3. The molecule has 82 valence electrons. The van der Waals surface area contributed by atoms with Gasteiger partial charge in [0.05, 0.1) is 0 Å². The second-order valence-electron chi connectivity index (χ2n) is 4.18. The van der Waals surface area contributed by atoms with Crippen molar-refractivity contribution in [1.82, 2.24) is 0 Å². The molecule has 1 fully saturated rings. The molecule has 3 nitrogen and oxygen atoms in total. The van der Waals surface area contributed by atoms with Gasteiger partial charge >= 0.3 is 5.97 Å². The standard InChI is InChI=1S/C10H18O3S/c1-10(2,9(11)12)14-7-8-3-5-13-6-4-8/h8H,3-7H2,1-2H3,(H,11,12). The van der Waals surface area contributed by atoms with E-state index in [1.807, 2.05) is 0 Å². The summed E-state index contributed by atoms with van der Waals surface area (Å²) in [5.41, 5.74) is 0. The largest absolute Gasteiger partial charge is 0.480 e. The van der Waals surface area contributed by atoms with Gasteiger partial charge in [0, 0.05) is 13.2 Å². The summed E-state index contributed by atoms with van der Waals surface area (Å²) in [5, 5.41) is 8.93. The first-order valence-electron chi connectivity index (χ1n) is 4.97. The van der Waals surface area contributed by atoms with E-state index in [4.69, 9.17) is 9.84 Å². The third-order valence-corrected chi connectivity index (χ3v) is 4.07. The molecule has 0 unspecified atom stereocenters. The van der Waals surface area contributed by atoms with Crippen LogP contribution in [0.5, 0.6) is 0 Å². The van der Waals surface area contributed by atoms with Crippen molar-refractivity contribution < 1.29 is 14.6 Å². The van der Waals surface area contributed by atoms with E-state index in [1.165, 1.54) is 11.8 Å². The number of thioether (sulfide) groups is 1. The maximum absolute atomic E-state index is 10.8. The number of aliphatic carboxylic acids is 1. The second-order valence-corrected chi connectivity index (χ2v) is 5.82. The summed E-state index contributed by atoms with van der Waals surface area (Å²) in [6.45, 7) is 5.19. The Morgan fingerprint density at radius 3 is 2.57 bits per heavy atom. The van der Waals surface area contributed by atoms with E-state index in [2.05, 4.69) is 0 Å². The lowest BCUT2D eigenvalue weighted by Crippen LogP contribution is -2.29. The molecule has 1 heterocycles. The normalized spacial score (nSPS) is 19.6. The Labute approximate surface area is 89.2 Å². The zero-order valence-corrected chi connectivity index (χ0v) is 9.60. The van der Waals surface area contributed by atoms with Gasteiger partial charge in [-0.25, -0.2) is 0 Å².